The third-order valence-electron chi connectivity index (χ3n) is 4.39. The van der Waals surface area contributed by atoms with E-state index in [4.69, 9.17) is 27.2 Å². The van der Waals surface area contributed by atoms with Crippen molar-refractivity contribution in [1.29, 1.82) is 0 Å². The molecule has 1 saturated heterocycles. The molecular formula is C15H16ClN9O5. The lowest BCUT2D eigenvalue weighted by molar-refractivity contribution is -0.0486. The van der Waals surface area contributed by atoms with Crippen LogP contribution in [0.25, 0.3) is 22.3 Å². The third-order valence-corrected chi connectivity index (χ3v) is 4.57. The van der Waals surface area contributed by atoms with E-state index in [-0.39, 0.29) is 35.0 Å². The van der Waals surface area contributed by atoms with E-state index < -0.39 is 23.6 Å². The molecule has 0 radical (unpaired) electrons. The van der Waals surface area contributed by atoms with Crippen LogP contribution in [-0.4, -0.2) is 68.5 Å². The van der Waals surface area contributed by atoms with Crippen LogP contribution in [-0.2, 0) is 4.74 Å². The minimum absolute atomic E-state index is 0.0670. The molecule has 0 amide bonds. The molecule has 4 aromatic heterocycles. The molecule has 158 valence electrons. The SMILES string of the molecule is Nc1ncnc2c1ncn2[C@@H]1O[C@H](CO)C[C@H]1O.O=c1[nH]c(=O)c2[nH]c(Cl)nc2[nH]1. The number of hydrogen-bond acceptors (Lipinski definition) is 10. The van der Waals surface area contributed by atoms with Gasteiger partial charge < -0.3 is 25.7 Å². The van der Waals surface area contributed by atoms with E-state index in [1.54, 1.807) is 4.57 Å². The number of nitrogens with zero attached hydrogens (tertiary/aromatic N) is 5. The predicted octanol–water partition coefficient (Wildman–Crippen LogP) is -1.36. The highest BCUT2D eigenvalue weighted by atomic mass is 35.5. The smallest absolute Gasteiger partial charge is 0.327 e. The highest BCUT2D eigenvalue weighted by Crippen LogP contribution is 2.31. The number of anilines is 1. The summed E-state index contributed by atoms with van der Waals surface area (Å²) in [7, 11) is 0. The van der Waals surface area contributed by atoms with E-state index in [0.29, 0.717) is 17.6 Å². The fourth-order valence-corrected chi connectivity index (χ4v) is 3.24. The molecule has 1 fully saturated rings. The van der Waals surface area contributed by atoms with E-state index in [1.165, 1.54) is 12.7 Å². The van der Waals surface area contributed by atoms with E-state index in [2.05, 4.69) is 29.9 Å². The number of H-pyrrole nitrogens is 3. The molecule has 0 unspecified atom stereocenters. The fraction of sp³-hybridized carbons (Fsp3) is 0.333. The van der Waals surface area contributed by atoms with Gasteiger partial charge in [0, 0.05) is 6.42 Å². The molecule has 15 heteroatoms. The number of nitrogen functional groups attached to an aromatic ring is 1. The first-order valence-corrected chi connectivity index (χ1v) is 9.00. The van der Waals surface area contributed by atoms with Gasteiger partial charge in [-0.25, -0.2) is 19.7 Å². The van der Waals surface area contributed by atoms with Crippen molar-refractivity contribution < 1.29 is 14.9 Å². The van der Waals surface area contributed by atoms with Crippen molar-refractivity contribution in [3.05, 3.63) is 38.8 Å². The number of hydrogen-bond donors (Lipinski definition) is 6. The van der Waals surface area contributed by atoms with Crippen LogP contribution >= 0.6 is 11.6 Å². The van der Waals surface area contributed by atoms with Crippen LogP contribution < -0.4 is 17.0 Å². The minimum Gasteiger partial charge on any atom is -0.394 e. The number of nitrogens with two attached hydrogens (primary N) is 1. The topological polar surface area (TPSA) is 214 Å². The maximum atomic E-state index is 11.0. The Hall–Kier alpha value is -3.33. The normalized spacial score (nSPS) is 21.1. The summed E-state index contributed by atoms with van der Waals surface area (Å²) in [6.45, 7) is -0.128. The van der Waals surface area contributed by atoms with Gasteiger partial charge in [-0.3, -0.25) is 19.3 Å². The molecule has 1 aliphatic rings. The van der Waals surface area contributed by atoms with Crippen LogP contribution in [0.2, 0.25) is 5.28 Å². The number of aliphatic hydroxyl groups is 2. The van der Waals surface area contributed by atoms with Gasteiger partial charge in [0.25, 0.3) is 5.56 Å². The van der Waals surface area contributed by atoms with Crippen molar-refractivity contribution in [2.24, 2.45) is 0 Å². The van der Waals surface area contributed by atoms with Gasteiger partial charge in [0.1, 0.15) is 17.9 Å². The van der Waals surface area contributed by atoms with Gasteiger partial charge >= 0.3 is 5.69 Å². The monoisotopic (exact) mass is 437 g/mol. The average molecular weight is 438 g/mol. The van der Waals surface area contributed by atoms with Crippen molar-refractivity contribution in [2.45, 2.75) is 24.9 Å². The van der Waals surface area contributed by atoms with Gasteiger partial charge in [-0.15, -0.1) is 0 Å². The van der Waals surface area contributed by atoms with Crippen molar-refractivity contribution in [3.8, 4) is 0 Å². The molecule has 0 spiro atoms. The van der Waals surface area contributed by atoms with E-state index in [0.717, 1.165) is 0 Å². The molecule has 0 aromatic carbocycles. The second-order valence-electron chi connectivity index (χ2n) is 6.38. The van der Waals surface area contributed by atoms with Crippen LogP contribution in [0.15, 0.2) is 22.2 Å². The maximum Gasteiger partial charge on any atom is 0.327 e. The van der Waals surface area contributed by atoms with Gasteiger partial charge in [0.15, 0.2) is 28.9 Å². The van der Waals surface area contributed by atoms with Crippen molar-refractivity contribution in [1.82, 2.24) is 39.5 Å². The number of fused-ring (bicyclic) bond motifs is 2. The highest BCUT2D eigenvalue weighted by molar-refractivity contribution is 6.28. The summed E-state index contributed by atoms with van der Waals surface area (Å²) < 4.78 is 7.14. The Kier molecular flexibility index (Phi) is 5.21. The first-order chi connectivity index (χ1) is 14.4. The Balaban J connectivity index is 0.000000158. The Labute approximate surface area is 170 Å². The van der Waals surface area contributed by atoms with Gasteiger partial charge in [-0.05, 0) is 11.6 Å². The summed E-state index contributed by atoms with van der Waals surface area (Å²) in [6.07, 6.45) is 1.52. The molecule has 30 heavy (non-hydrogen) atoms. The van der Waals surface area contributed by atoms with Crippen molar-refractivity contribution in [2.75, 3.05) is 12.3 Å². The summed E-state index contributed by atoms with van der Waals surface area (Å²) in [5.74, 6) is 0.282. The van der Waals surface area contributed by atoms with Gasteiger partial charge in [-0.1, -0.05) is 0 Å². The summed E-state index contributed by atoms with van der Waals surface area (Å²) in [4.78, 5) is 44.3. The zero-order valence-electron chi connectivity index (χ0n) is 15.1. The first-order valence-electron chi connectivity index (χ1n) is 8.62. The first kappa shape index (κ1) is 20.0. The second kappa shape index (κ2) is 7.83. The van der Waals surface area contributed by atoms with Gasteiger partial charge in [-0.2, -0.15) is 4.98 Å². The van der Waals surface area contributed by atoms with Crippen molar-refractivity contribution >= 4 is 39.7 Å². The van der Waals surface area contributed by atoms with Crippen molar-refractivity contribution in [3.63, 3.8) is 0 Å². The molecule has 0 bridgehead atoms. The molecule has 7 N–H and O–H groups in total. The standard InChI is InChI=1S/C10H13N5O3.C5H3ClN4O2/c11-8-7-9(13-3-12-8)15(4-14-7)10-6(17)1-5(2-16)18-10;6-4-7-1-2(8-4)9-5(12)10-3(1)11/h3-6,10,16-17H,1-2H2,(H2,11,12,13);(H3,7,8,9,10,11,12)/t5-,6+,10+;/m0./s1. The third kappa shape index (κ3) is 3.63. The van der Waals surface area contributed by atoms with Crippen LogP contribution in [0.1, 0.15) is 12.6 Å². The number of aromatic amines is 3. The lowest BCUT2D eigenvalue weighted by Crippen LogP contribution is -2.21. The number of rotatable bonds is 2. The molecule has 0 aliphatic carbocycles. The maximum absolute atomic E-state index is 11.0. The minimum atomic E-state index is -0.712. The van der Waals surface area contributed by atoms with Crippen LogP contribution in [0.5, 0.6) is 0 Å². The van der Waals surface area contributed by atoms with E-state index >= 15 is 0 Å². The average Bonchev–Trinajstić information content (AvgIpc) is 3.38. The number of aromatic nitrogens is 8. The summed E-state index contributed by atoms with van der Waals surface area (Å²) in [5, 5.41) is 19.0. The zero-order valence-corrected chi connectivity index (χ0v) is 15.9. The number of halogens is 1. The number of imidazole rings is 2. The molecule has 14 nitrogen and oxygen atoms in total. The Morgan fingerprint density at radius 3 is 2.80 bits per heavy atom. The Morgan fingerprint density at radius 1 is 1.27 bits per heavy atom. The zero-order chi connectivity index (χ0) is 21.4. The molecule has 0 saturated carbocycles. The van der Waals surface area contributed by atoms with Crippen LogP contribution in [0.3, 0.4) is 0 Å². The number of nitrogens with one attached hydrogen (secondary N) is 3. The highest BCUT2D eigenvalue weighted by Gasteiger charge is 2.35. The molecular weight excluding hydrogens is 422 g/mol. The fourth-order valence-electron chi connectivity index (χ4n) is 3.06. The number of ether oxygens (including phenoxy) is 1. The van der Waals surface area contributed by atoms with E-state index in [1.807, 2.05) is 4.98 Å². The molecule has 5 rings (SSSR count). The second-order valence-corrected chi connectivity index (χ2v) is 6.73. The van der Waals surface area contributed by atoms with Gasteiger partial charge in [0.2, 0.25) is 5.28 Å². The van der Waals surface area contributed by atoms with Crippen LogP contribution in [0, 0.1) is 0 Å². The van der Waals surface area contributed by atoms with Crippen LogP contribution in [0.4, 0.5) is 5.82 Å². The molecule has 3 atom stereocenters. The molecule has 4 aromatic rings. The lowest BCUT2D eigenvalue weighted by Gasteiger charge is -2.16. The quantitative estimate of drug-likeness (QED) is 0.202. The summed E-state index contributed by atoms with van der Waals surface area (Å²) in [5.41, 5.74) is 5.86. The van der Waals surface area contributed by atoms with E-state index in [9.17, 15) is 14.7 Å². The van der Waals surface area contributed by atoms with Gasteiger partial charge in [0.05, 0.1) is 19.0 Å². The number of aliphatic hydroxyl groups excluding tert-OH is 2. The molecule has 5 heterocycles. The lowest BCUT2D eigenvalue weighted by atomic mass is 10.2. The summed E-state index contributed by atoms with van der Waals surface area (Å²) >= 11 is 5.47. The molecule has 1 aliphatic heterocycles. The largest absolute Gasteiger partial charge is 0.394 e. The Morgan fingerprint density at radius 2 is 2.07 bits per heavy atom. The predicted molar refractivity (Wildman–Crippen MR) is 104 cm³/mol. The Bertz CT molecular complexity index is 1310. The summed E-state index contributed by atoms with van der Waals surface area (Å²) in [6, 6.07) is 0.